The topological polar surface area (TPSA) is 93.7 Å². The van der Waals surface area contributed by atoms with Gasteiger partial charge < -0.3 is 9.32 Å². The third-order valence-electron chi connectivity index (χ3n) is 35.2. The lowest BCUT2D eigenvalue weighted by atomic mass is 9.55. The summed E-state index contributed by atoms with van der Waals surface area (Å²) in [6, 6.07) is 155. The minimum absolute atomic E-state index is 0.00170. The van der Waals surface area contributed by atoms with Gasteiger partial charge in [0.25, 0.3) is 0 Å². The molecule has 0 bridgehead atoms. The fourth-order valence-corrected chi connectivity index (χ4v) is 24.9. The molecule has 0 radical (unpaired) electrons. The maximum atomic E-state index is 6.25. The zero-order valence-electron chi connectivity index (χ0n) is 86.5. The van der Waals surface area contributed by atoms with E-state index in [4.69, 9.17) is 34.3 Å². The summed E-state index contributed by atoms with van der Waals surface area (Å²) < 4.78 is 6.25. The van der Waals surface area contributed by atoms with Crippen LogP contribution in [0.1, 0.15) is 141 Å². The second-order valence-electron chi connectivity index (χ2n) is 44.8. The van der Waals surface area contributed by atoms with Crippen LogP contribution < -0.4 is 4.90 Å². The first-order valence-corrected chi connectivity index (χ1v) is 52.3. The summed E-state index contributed by atoms with van der Waals surface area (Å²) >= 11 is 0. The van der Waals surface area contributed by atoms with Crippen molar-refractivity contribution < 1.29 is 4.42 Å². The lowest BCUT2D eigenvalue weighted by Gasteiger charge is -2.48. The van der Waals surface area contributed by atoms with Crippen LogP contribution in [-0.4, -0.2) is 29.9 Å². The van der Waals surface area contributed by atoms with Crippen molar-refractivity contribution in [1.82, 2.24) is 29.9 Å². The van der Waals surface area contributed by atoms with Crippen molar-refractivity contribution in [1.29, 1.82) is 0 Å². The molecule has 21 aromatic carbocycles. The molecule has 0 N–H and O–H groups in total. The fraction of sp³-hybridized carbons (Fsp3) is 0.149. The molecule has 0 aliphatic heterocycles. The Hall–Kier alpha value is -17.2. The number of hydrogen-bond donors (Lipinski definition) is 0. The molecule has 3 aromatic heterocycles. The largest absolute Gasteiger partial charge is 0.456 e. The number of benzene rings is 21. The van der Waals surface area contributed by atoms with E-state index < -0.39 is 0 Å². The van der Waals surface area contributed by atoms with Crippen LogP contribution in [0.5, 0.6) is 0 Å². The van der Waals surface area contributed by atoms with Crippen molar-refractivity contribution in [3.8, 4) is 124 Å². The number of fused-ring (bicyclic) bond motifs is 26. The van der Waals surface area contributed by atoms with Crippen LogP contribution in [0.3, 0.4) is 0 Å². The quantitative estimate of drug-likeness (QED) is 0.125. The lowest BCUT2D eigenvalue weighted by molar-refractivity contribution is 0.299. The van der Waals surface area contributed by atoms with E-state index in [1.807, 2.05) is 121 Å². The second-order valence-corrected chi connectivity index (χ2v) is 44.8. The Bertz CT molecular complexity index is 9550. The number of furan rings is 1. The van der Waals surface area contributed by atoms with E-state index in [1.165, 1.54) is 165 Å². The normalized spacial score (nSPS) is 15.0. The molecule has 149 heavy (non-hydrogen) atoms. The Labute approximate surface area is 870 Å². The van der Waals surface area contributed by atoms with Gasteiger partial charge in [-0.2, -0.15) is 0 Å². The van der Waals surface area contributed by atoms with Gasteiger partial charge in [-0.1, -0.05) is 455 Å². The summed E-state index contributed by atoms with van der Waals surface area (Å²) in [5.41, 5.74) is 35.1. The van der Waals surface area contributed by atoms with Crippen LogP contribution in [0, 0.1) is 0 Å². The molecule has 0 fully saturated rings. The molecule has 0 saturated carbocycles. The molecular weight excluding hydrogens is 1810 g/mol. The Morgan fingerprint density at radius 2 is 0.564 bits per heavy atom. The highest BCUT2D eigenvalue weighted by atomic mass is 16.3. The molecule has 4 aliphatic rings. The molecule has 28 rings (SSSR count). The zero-order valence-corrected chi connectivity index (χ0v) is 86.5. The van der Waals surface area contributed by atoms with Gasteiger partial charge in [-0.05, 0) is 270 Å². The summed E-state index contributed by atoms with van der Waals surface area (Å²) in [5.74, 6) is 3.87. The van der Waals surface area contributed by atoms with E-state index >= 15 is 0 Å². The number of nitrogens with zero attached hydrogens (tertiary/aromatic N) is 7. The Morgan fingerprint density at radius 3 is 1.19 bits per heavy atom. The Balaban J connectivity index is 0.000000113. The molecule has 0 amide bonds. The Morgan fingerprint density at radius 1 is 0.174 bits per heavy atom. The number of aromatic nitrogens is 6. The van der Waals surface area contributed by atoms with Gasteiger partial charge in [0.1, 0.15) is 11.2 Å². The van der Waals surface area contributed by atoms with Crippen LogP contribution >= 0.6 is 0 Å². The van der Waals surface area contributed by atoms with Crippen molar-refractivity contribution in [2.45, 2.75) is 135 Å². The maximum Gasteiger partial charge on any atom is 0.164 e. The summed E-state index contributed by atoms with van der Waals surface area (Å²) in [6.45, 7) is 33.5. The molecule has 0 unspecified atom stereocenters. The number of rotatable bonds is 10. The predicted molar refractivity (Wildman–Crippen MR) is 623 cm³/mol. The van der Waals surface area contributed by atoms with E-state index in [2.05, 4.69) is 411 Å². The first kappa shape index (κ1) is 91.7. The van der Waals surface area contributed by atoms with Crippen molar-refractivity contribution in [3.63, 3.8) is 0 Å². The van der Waals surface area contributed by atoms with Crippen LogP contribution in [0.25, 0.3) is 211 Å². The van der Waals surface area contributed by atoms with E-state index in [0.717, 1.165) is 72.3 Å². The van der Waals surface area contributed by atoms with E-state index in [9.17, 15) is 0 Å². The zero-order chi connectivity index (χ0) is 102. The van der Waals surface area contributed by atoms with Gasteiger partial charge in [-0.3, -0.25) is 0 Å². The molecule has 718 valence electrons. The third-order valence-corrected chi connectivity index (χ3v) is 35.2. The van der Waals surface area contributed by atoms with Crippen LogP contribution in [0.4, 0.5) is 17.1 Å². The van der Waals surface area contributed by atoms with Crippen molar-refractivity contribution in [2.75, 3.05) is 4.90 Å². The van der Waals surface area contributed by atoms with Gasteiger partial charge in [0, 0.05) is 66.6 Å². The molecule has 0 saturated heterocycles. The fourth-order valence-electron chi connectivity index (χ4n) is 24.9. The number of anilines is 3. The average molecular weight is 1920 g/mol. The first-order chi connectivity index (χ1) is 72.2. The van der Waals surface area contributed by atoms with Gasteiger partial charge in [-0.15, -0.1) is 0 Å². The third kappa shape index (κ3) is 14.6. The minimum atomic E-state index is -0.0614. The summed E-state index contributed by atoms with van der Waals surface area (Å²) in [7, 11) is 0. The van der Waals surface area contributed by atoms with Crippen molar-refractivity contribution in [2.24, 2.45) is 0 Å². The Kier molecular flexibility index (Phi) is 21.2. The number of hydrogen-bond acceptors (Lipinski definition) is 8. The van der Waals surface area contributed by atoms with Crippen molar-refractivity contribution >= 4 is 104 Å². The van der Waals surface area contributed by atoms with Gasteiger partial charge in [0.05, 0.1) is 0 Å². The van der Waals surface area contributed by atoms with Gasteiger partial charge in [0.15, 0.2) is 34.9 Å². The van der Waals surface area contributed by atoms with Crippen LogP contribution in [0.2, 0.25) is 0 Å². The second kappa shape index (κ2) is 34.5. The molecule has 0 spiro atoms. The van der Waals surface area contributed by atoms with E-state index in [-0.39, 0.29) is 37.9 Å². The number of para-hydroxylation sites is 2. The maximum absolute atomic E-state index is 6.25. The van der Waals surface area contributed by atoms with E-state index in [1.54, 1.807) is 0 Å². The minimum Gasteiger partial charge on any atom is -0.456 e. The molecule has 0 atom stereocenters. The van der Waals surface area contributed by atoms with Gasteiger partial charge >= 0.3 is 0 Å². The highest BCUT2D eigenvalue weighted by Crippen LogP contribution is 2.61. The average Bonchev–Trinajstić information content (AvgIpc) is 1.24. The molecular formula is C141H113N7O. The SMILES string of the molecule is CC1(C)c2ccccc2-c2c(ccc3c2ccc2ccc(-c4nc(-c5ccccc5)nc(-c5cccc6oc7ccccc7c56)n4)cc23)C1(C)C.CC1(C)c2ccccc2-c2c(ccc3ccc4cc(-c5ccc(-c6nc(-c7ccccc7)nc(-c7ccccc7)n6)cc5)ccc4c23)C1(C)C.CC1(C)c2ccccc2-c2ccc(N(c3ccccc3)c3ccc4c(ccc5cc6c(cc54)-c4ccccc4C(C)(C)C6(C)C)c3)cc21. The molecule has 4 aliphatic carbocycles. The van der Waals surface area contributed by atoms with Crippen LogP contribution in [0.15, 0.2) is 435 Å². The standard InChI is InChI=1S/C47H35N3O.C47H37N3.C47H41N/c1-46(2)37-18-10-8-15-33(37)41-32-24-23-28-21-22-30(27-36(28)31(32)25-26-38(41)47(46,3)4)44-48-43(29-13-6-5-7-14-29)49-45(50-44)35-17-12-20-40-42(35)34-16-9-11-19-39(34)51-40;1-46(2)39-18-12-11-17-38(39)42-40(47(46,3)4)28-26-31-21-24-36-29-35(25-27-37(36)41(31)42)30-19-22-34(23-20-30)45-49-43(32-13-7-5-8-14-32)48-44(50-45)33-15-9-6-10-16-33;1-45(2)41-18-12-10-16-36(41)38-25-23-34(28-43(38)45)48(32-14-8-7-9-15-32)33-22-24-35-30(26-33)20-21-31-27-44-40(29-39(31)35)37-17-11-13-19-42(37)46(3,4)47(44,5)6/h5-27H,1-4H3;5-29H,1-4H3;7-29H,1-6H3. The molecule has 8 nitrogen and oxygen atoms in total. The van der Waals surface area contributed by atoms with Gasteiger partial charge in [0.2, 0.25) is 0 Å². The van der Waals surface area contributed by atoms with E-state index in [0.29, 0.717) is 34.9 Å². The van der Waals surface area contributed by atoms with Crippen LogP contribution in [-0.2, 0) is 37.9 Å². The molecule has 24 aromatic rings. The van der Waals surface area contributed by atoms with Crippen molar-refractivity contribution in [3.05, 3.63) is 475 Å². The molecule has 3 heterocycles. The lowest BCUT2D eigenvalue weighted by Crippen LogP contribution is -2.43. The first-order valence-electron chi connectivity index (χ1n) is 52.3. The van der Waals surface area contributed by atoms with Gasteiger partial charge in [-0.25, -0.2) is 29.9 Å². The summed E-state index contributed by atoms with van der Waals surface area (Å²) in [5, 5.41) is 17.2. The predicted octanol–water partition coefficient (Wildman–Crippen LogP) is 37.4. The summed E-state index contributed by atoms with van der Waals surface area (Å²) in [4.78, 5) is 32.5. The highest BCUT2D eigenvalue weighted by Gasteiger charge is 2.50. The molecule has 8 heteroatoms. The smallest absolute Gasteiger partial charge is 0.164 e. The monoisotopic (exact) mass is 1920 g/mol. The summed E-state index contributed by atoms with van der Waals surface area (Å²) in [6.07, 6.45) is 0. The highest BCUT2D eigenvalue weighted by molar-refractivity contribution is 6.19.